The Balaban J connectivity index is 2.21. The Kier molecular flexibility index (Phi) is 5.78. The van der Waals surface area contributed by atoms with Crippen molar-refractivity contribution >= 4 is 0 Å². The van der Waals surface area contributed by atoms with Crippen LogP contribution in [0.1, 0.15) is 36.6 Å². The molecule has 0 spiro atoms. The van der Waals surface area contributed by atoms with Crippen molar-refractivity contribution in [1.82, 2.24) is 5.32 Å². The Morgan fingerprint density at radius 3 is 2.29 bits per heavy atom. The molecule has 0 amide bonds. The van der Waals surface area contributed by atoms with E-state index in [0.29, 0.717) is 0 Å². The van der Waals surface area contributed by atoms with Crippen LogP contribution in [0.4, 0.5) is 0 Å². The number of methoxy groups -OCH3 is 1. The van der Waals surface area contributed by atoms with Crippen molar-refractivity contribution in [2.24, 2.45) is 0 Å². The third-order valence-corrected chi connectivity index (χ3v) is 3.71. The van der Waals surface area contributed by atoms with Crippen LogP contribution >= 0.6 is 0 Å². The van der Waals surface area contributed by atoms with E-state index < -0.39 is 0 Å². The summed E-state index contributed by atoms with van der Waals surface area (Å²) in [6.07, 6.45) is 0.920. The molecule has 2 atom stereocenters. The number of nitrogens with one attached hydrogen (secondary N) is 1. The molecule has 3 nitrogen and oxygen atoms in total. The molecule has 3 heteroatoms. The number of ether oxygens (including phenoxy) is 1. The minimum atomic E-state index is -0.0823. The first-order valence-corrected chi connectivity index (χ1v) is 7.34. The third kappa shape index (κ3) is 3.84. The minimum absolute atomic E-state index is 0.0651. The van der Waals surface area contributed by atoms with E-state index in [1.165, 1.54) is 0 Å². The largest absolute Gasteiger partial charge is 0.496 e. The van der Waals surface area contributed by atoms with Crippen LogP contribution in [0.15, 0.2) is 54.6 Å². The van der Waals surface area contributed by atoms with E-state index in [1.807, 2.05) is 48.5 Å². The number of rotatable bonds is 7. The highest BCUT2D eigenvalue weighted by Crippen LogP contribution is 2.29. The fraction of sp³-hybridized carbons (Fsp3) is 0.333. The molecular weight excluding hydrogens is 262 g/mol. The van der Waals surface area contributed by atoms with Gasteiger partial charge in [0.25, 0.3) is 0 Å². The molecule has 0 radical (unpaired) electrons. The van der Waals surface area contributed by atoms with Crippen LogP contribution in [0.2, 0.25) is 0 Å². The van der Waals surface area contributed by atoms with Crippen LogP contribution in [0.3, 0.4) is 0 Å². The normalized spacial score (nSPS) is 13.7. The first kappa shape index (κ1) is 15.5. The molecule has 0 aliphatic rings. The van der Waals surface area contributed by atoms with Crippen molar-refractivity contribution in [2.75, 3.05) is 13.7 Å². The molecule has 0 heterocycles. The van der Waals surface area contributed by atoms with Gasteiger partial charge in [0.2, 0.25) is 0 Å². The van der Waals surface area contributed by atoms with Crippen molar-refractivity contribution in [3.05, 3.63) is 65.7 Å². The summed E-state index contributed by atoms with van der Waals surface area (Å²) >= 11 is 0. The van der Waals surface area contributed by atoms with Crippen molar-refractivity contribution < 1.29 is 9.84 Å². The fourth-order valence-electron chi connectivity index (χ4n) is 2.56. The van der Waals surface area contributed by atoms with Gasteiger partial charge in [0, 0.05) is 11.6 Å². The molecule has 112 valence electrons. The van der Waals surface area contributed by atoms with Crippen molar-refractivity contribution in [2.45, 2.75) is 25.4 Å². The summed E-state index contributed by atoms with van der Waals surface area (Å²) in [6.45, 7) is 2.19. The summed E-state index contributed by atoms with van der Waals surface area (Å²) in [4.78, 5) is 0. The molecule has 2 N–H and O–H groups in total. The van der Waals surface area contributed by atoms with Gasteiger partial charge in [-0.15, -0.1) is 0 Å². The van der Waals surface area contributed by atoms with Gasteiger partial charge < -0.3 is 15.2 Å². The highest BCUT2D eigenvalue weighted by Gasteiger charge is 2.19. The predicted octanol–water partition coefficient (Wildman–Crippen LogP) is 3.47. The molecule has 0 bridgehead atoms. The topological polar surface area (TPSA) is 41.5 Å². The number of hydrogen-bond acceptors (Lipinski definition) is 3. The van der Waals surface area contributed by atoms with Crippen molar-refractivity contribution in [1.29, 1.82) is 0 Å². The molecule has 0 aliphatic heterocycles. The Labute approximate surface area is 126 Å². The van der Waals surface area contributed by atoms with Gasteiger partial charge in [0.15, 0.2) is 0 Å². The number of hydrogen-bond donors (Lipinski definition) is 2. The van der Waals surface area contributed by atoms with Crippen LogP contribution in [0.25, 0.3) is 0 Å². The maximum absolute atomic E-state index is 9.70. The van der Waals surface area contributed by atoms with Crippen LogP contribution in [0.5, 0.6) is 5.75 Å². The van der Waals surface area contributed by atoms with E-state index in [4.69, 9.17) is 4.74 Å². The molecule has 0 fully saturated rings. The monoisotopic (exact) mass is 285 g/mol. The quantitative estimate of drug-likeness (QED) is 0.818. The van der Waals surface area contributed by atoms with E-state index in [2.05, 4.69) is 18.3 Å². The second-order valence-electron chi connectivity index (χ2n) is 5.02. The molecule has 0 aliphatic carbocycles. The van der Waals surface area contributed by atoms with Crippen LogP contribution < -0.4 is 10.1 Å². The lowest BCUT2D eigenvalue weighted by atomic mass is 10.00. The molecule has 1 unspecified atom stereocenters. The van der Waals surface area contributed by atoms with Crippen molar-refractivity contribution in [3.63, 3.8) is 0 Å². The van der Waals surface area contributed by atoms with Gasteiger partial charge in [0.05, 0.1) is 19.8 Å². The first-order valence-electron chi connectivity index (χ1n) is 7.34. The molecule has 0 saturated carbocycles. The third-order valence-electron chi connectivity index (χ3n) is 3.71. The number of aliphatic hydroxyl groups is 1. The zero-order chi connectivity index (χ0) is 15.1. The lowest BCUT2D eigenvalue weighted by molar-refractivity contribution is 0.230. The Hall–Kier alpha value is -1.84. The molecule has 2 rings (SSSR count). The Bertz CT molecular complexity index is 542. The van der Waals surface area contributed by atoms with Gasteiger partial charge in [-0.1, -0.05) is 55.5 Å². The van der Waals surface area contributed by atoms with Gasteiger partial charge in [-0.2, -0.15) is 0 Å². The minimum Gasteiger partial charge on any atom is -0.496 e. The lowest BCUT2D eigenvalue weighted by Crippen LogP contribution is -2.28. The first-order chi connectivity index (χ1) is 10.3. The zero-order valence-corrected chi connectivity index (χ0v) is 12.6. The van der Waals surface area contributed by atoms with Gasteiger partial charge in [0.1, 0.15) is 5.75 Å². The van der Waals surface area contributed by atoms with E-state index in [-0.39, 0.29) is 18.7 Å². The maximum atomic E-state index is 9.70. The smallest absolute Gasteiger partial charge is 0.123 e. The van der Waals surface area contributed by atoms with E-state index in [0.717, 1.165) is 23.3 Å². The average molecular weight is 285 g/mol. The number of aliphatic hydroxyl groups excluding tert-OH is 1. The summed E-state index contributed by atoms with van der Waals surface area (Å²) in [7, 11) is 1.69. The summed E-state index contributed by atoms with van der Waals surface area (Å²) in [6, 6.07) is 18.1. The van der Waals surface area contributed by atoms with Crippen LogP contribution in [-0.2, 0) is 0 Å². The summed E-state index contributed by atoms with van der Waals surface area (Å²) in [5.74, 6) is 0.876. The molecule has 0 aromatic heterocycles. The number of benzene rings is 2. The van der Waals surface area contributed by atoms with Crippen LogP contribution in [0, 0.1) is 0 Å². The summed E-state index contributed by atoms with van der Waals surface area (Å²) in [5.41, 5.74) is 2.21. The standard InChI is InChI=1S/C18H23NO2/c1-3-16(15-11-7-8-12-18(15)21-2)19-17(13-20)14-9-5-4-6-10-14/h4-12,16-17,19-20H,3,13H2,1-2H3/t16?,17-/m0/s1. The summed E-state index contributed by atoms with van der Waals surface area (Å²) in [5, 5.41) is 13.2. The van der Waals surface area contributed by atoms with E-state index >= 15 is 0 Å². The van der Waals surface area contributed by atoms with Gasteiger partial charge in [-0.05, 0) is 18.1 Å². The average Bonchev–Trinajstić information content (AvgIpc) is 2.57. The van der Waals surface area contributed by atoms with Crippen molar-refractivity contribution in [3.8, 4) is 5.75 Å². The highest BCUT2D eigenvalue weighted by molar-refractivity contribution is 5.36. The summed E-state index contributed by atoms with van der Waals surface area (Å²) < 4.78 is 5.45. The second-order valence-corrected chi connectivity index (χ2v) is 5.02. The predicted molar refractivity (Wildman–Crippen MR) is 85.4 cm³/mol. The molecule has 0 saturated heterocycles. The molecular formula is C18H23NO2. The van der Waals surface area contributed by atoms with Crippen LogP contribution in [-0.4, -0.2) is 18.8 Å². The fourth-order valence-corrected chi connectivity index (χ4v) is 2.56. The highest BCUT2D eigenvalue weighted by atomic mass is 16.5. The van der Waals surface area contributed by atoms with E-state index in [1.54, 1.807) is 7.11 Å². The maximum Gasteiger partial charge on any atom is 0.123 e. The van der Waals surface area contributed by atoms with E-state index in [9.17, 15) is 5.11 Å². The van der Waals surface area contributed by atoms with Gasteiger partial charge in [-0.3, -0.25) is 0 Å². The SMILES string of the molecule is CCC(N[C@@H](CO)c1ccccc1)c1ccccc1OC. The molecule has 2 aromatic carbocycles. The molecule has 2 aromatic rings. The zero-order valence-electron chi connectivity index (χ0n) is 12.6. The lowest BCUT2D eigenvalue weighted by Gasteiger charge is -2.25. The Morgan fingerprint density at radius 1 is 1.00 bits per heavy atom. The number of para-hydroxylation sites is 1. The molecule has 21 heavy (non-hydrogen) atoms. The second kappa shape index (κ2) is 7.81. The van der Waals surface area contributed by atoms with Gasteiger partial charge in [-0.25, -0.2) is 0 Å². The van der Waals surface area contributed by atoms with Gasteiger partial charge >= 0.3 is 0 Å². The Morgan fingerprint density at radius 2 is 1.67 bits per heavy atom.